The van der Waals surface area contributed by atoms with E-state index in [0.29, 0.717) is 30.5 Å². The first-order valence-corrected chi connectivity index (χ1v) is 8.06. The summed E-state index contributed by atoms with van der Waals surface area (Å²) in [6.45, 7) is 1.16. The Morgan fingerprint density at radius 3 is 2.76 bits per heavy atom. The minimum absolute atomic E-state index is 0.0631. The number of carbonyl (C=O) groups is 1. The van der Waals surface area contributed by atoms with Crippen LogP contribution in [0.25, 0.3) is 0 Å². The van der Waals surface area contributed by atoms with Gasteiger partial charge in [-0.05, 0) is 12.3 Å². The zero-order valence-corrected chi connectivity index (χ0v) is 12.1. The van der Waals surface area contributed by atoms with Gasteiger partial charge in [-0.25, -0.2) is 0 Å². The second-order valence-corrected chi connectivity index (χ2v) is 6.64. The largest absolute Gasteiger partial charge is 0.377 e. The summed E-state index contributed by atoms with van der Waals surface area (Å²) in [5, 5.41) is 10.7. The molecule has 4 atom stereocenters. The number of nitrogens with zero attached hydrogens (tertiary/aromatic N) is 3. The van der Waals surface area contributed by atoms with Gasteiger partial charge in [-0.3, -0.25) is 4.79 Å². The normalized spacial score (nSPS) is 35.4. The molecule has 0 bridgehead atoms. The summed E-state index contributed by atoms with van der Waals surface area (Å²) in [5.74, 6) is 1.86. The van der Waals surface area contributed by atoms with Crippen LogP contribution in [-0.2, 0) is 16.1 Å². The van der Waals surface area contributed by atoms with Crippen molar-refractivity contribution >= 4 is 5.91 Å². The molecule has 3 fully saturated rings. The highest BCUT2D eigenvalue weighted by Gasteiger charge is 2.56. The van der Waals surface area contributed by atoms with Crippen LogP contribution >= 0.6 is 0 Å². The molecule has 1 amide bonds. The number of aromatic nitrogens is 3. The van der Waals surface area contributed by atoms with Gasteiger partial charge in [-0.1, -0.05) is 25.7 Å². The molecule has 2 aliphatic carbocycles. The Labute approximate surface area is 124 Å². The van der Waals surface area contributed by atoms with Gasteiger partial charge in [0, 0.05) is 24.5 Å². The molecule has 21 heavy (non-hydrogen) atoms. The first kappa shape index (κ1) is 13.2. The molecular weight excluding hydrogens is 268 g/mol. The predicted molar refractivity (Wildman–Crippen MR) is 75.2 cm³/mol. The molecule has 6 heteroatoms. The Bertz CT molecular complexity index is 493. The van der Waals surface area contributed by atoms with Crippen LogP contribution in [0.5, 0.6) is 0 Å². The van der Waals surface area contributed by atoms with Crippen molar-refractivity contribution in [1.82, 2.24) is 20.1 Å². The molecule has 1 aliphatic heterocycles. The average molecular weight is 290 g/mol. The molecule has 114 valence electrons. The van der Waals surface area contributed by atoms with Crippen LogP contribution in [0, 0.1) is 17.8 Å². The summed E-state index contributed by atoms with van der Waals surface area (Å²) in [6, 6.07) is 0.310. The van der Waals surface area contributed by atoms with Gasteiger partial charge in [0.2, 0.25) is 5.91 Å². The van der Waals surface area contributed by atoms with Gasteiger partial charge < -0.3 is 14.6 Å². The first-order valence-electron chi connectivity index (χ1n) is 8.06. The van der Waals surface area contributed by atoms with E-state index in [1.54, 1.807) is 17.2 Å². The van der Waals surface area contributed by atoms with E-state index in [4.69, 9.17) is 4.74 Å². The monoisotopic (exact) mass is 290 g/mol. The second-order valence-electron chi connectivity index (χ2n) is 6.64. The van der Waals surface area contributed by atoms with Gasteiger partial charge in [0.05, 0.1) is 6.10 Å². The van der Waals surface area contributed by atoms with E-state index in [9.17, 15) is 4.79 Å². The van der Waals surface area contributed by atoms with Crippen molar-refractivity contribution < 1.29 is 9.53 Å². The van der Waals surface area contributed by atoms with Crippen LogP contribution < -0.4 is 5.32 Å². The zero-order valence-electron chi connectivity index (χ0n) is 12.1. The number of ether oxygens (including phenoxy) is 1. The van der Waals surface area contributed by atoms with E-state index in [1.165, 1.54) is 25.7 Å². The van der Waals surface area contributed by atoms with E-state index in [0.717, 1.165) is 18.9 Å². The van der Waals surface area contributed by atoms with E-state index in [-0.39, 0.29) is 5.91 Å². The number of nitrogens with one attached hydrogen (secondary N) is 1. The van der Waals surface area contributed by atoms with E-state index in [2.05, 4.69) is 15.5 Å². The van der Waals surface area contributed by atoms with Crippen molar-refractivity contribution in [1.29, 1.82) is 0 Å². The van der Waals surface area contributed by atoms with Gasteiger partial charge >= 0.3 is 0 Å². The SMILES string of the molecule is O=C(Cn1cnnc1)N[C@H]1[C@@H]2CCO[C@@H]2[C@@H]1C1CCCC1. The Hall–Kier alpha value is -1.43. The Kier molecular flexibility index (Phi) is 3.41. The fraction of sp³-hybridized carbons (Fsp3) is 0.800. The molecule has 0 radical (unpaired) electrons. The number of carbonyl (C=O) groups excluding carboxylic acids is 1. The van der Waals surface area contributed by atoms with E-state index in [1.807, 2.05) is 0 Å². The molecule has 1 aromatic rings. The van der Waals surface area contributed by atoms with Crippen LogP contribution in [0.3, 0.4) is 0 Å². The van der Waals surface area contributed by atoms with Gasteiger partial charge in [-0.15, -0.1) is 10.2 Å². The highest BCUT2D eigenvalue weighted by atomic mass is 16.5. The molecular formula is C15H22N4O2. The summed E-state index contributed by atoms with van der Waals surface area (Å²) in [5.41, 5.74) is 0. The van der Waals surface area contributed by atoms with Crippen molar-refractivity contribution in [3.63, 3.8) is 0 Å². The number of fused-ring (bicyclic) bond motifs is 1. The third kappa shape index (κ3) is 2.35. The summed E-state index contributed by atoms with van der Waals surface area (Å²) in [7, 11) is 0. The maximum Gasteiger partial charge on any atom is 0.240 e. The fourth-order valence-corrected chi connectivity index (χ4v) is 4.56. The molecule has 2 saturated carbocycles. The smallest absolute Gasteiger partial charge is 0.240 e. The summed E-state index contributed by atoms with van der Waals surface area (Å²) >= 11 is 0. The zero-order chi connectivity index (χ0) is 14.2. The maximum absolute atomic E-state index is 12.2. The van der Waals surface area contributed by atoms with Gasteiger partial charge in [0.25, 0.3) is 0 Å². The number of amides is 1. The molecule has 4 rings (SSSR count). The lowest BCUT2D eigenvalue weighted by molar-refractivity contribution is -0.130. The molecule has 6 nitrogen and oxygen atoms in total. The Morgan fingerprint density at radius 2 is 2.00 bits per heavy atom. The Balaban J connectivity index is 1.41. The molecule has 0 spiro atoms. The number of rotatable bonds is 4. The van der Waals surface area contributed by atoms with Crippen molar-refractivity contribution in [3.05, 3.63) is 12.7 Å². The number of hydrogen-bond donors (Lipinski definition) is 1. The Morgan fingerprint density at radius 1 is 1.24 bits per heavy atom. The third-order valence-electron chi connectivity index (χ3n) is 5.50. The molecule has 1 aromatic heterocycles. The van der Waals surface area contributed by atoms with Crippen LogP contribution in [-0.4, -0.2) is 39.4 Å². The van der Waals surface area contributed by atoms with Gasteiger partial charge in [0.1, 0.15) is 19.2 Å². The average Bonchev–Trinajstić information content (AvgIpc) is 3.18. The lowest BCUT2D eigenvalue weighted by Crippen LogP contribution is -2.63. The van der Waals surface area contributed by atoms with Crippen molar-refractivity contribution in [2.24, 2.45) is 17.8 Å². The molecule has 1 N–H and O–H groups in total. The minimum Gasteiger partial charge on any atom is -0.377 e. The topological polar surface area (TPSA) is 69.0 Å². The van der Waals surface area contributed by atoms with E-state index >= 15 is 0 Å². The minimum atomic E-state index is 0.0631. The predicted octanol–water partition coefficient (Wildman–Crippen LogP) is 0.988. The van der Waals surface area contributed by atoms with Crippen LogP contribution in [0.2, 0.25) is 0 Å². The molecule has 1 saturated heterocycles. The van der Waals surface area contributed by atoms with Crippen molar-refractivity contribution in [2.45, 2.75) is 50.8 Å². The highest BCUT2D eigenvalue weighted by molar-refractivity contribution is 5.76. The lowest BCUT2D eigenvalue weighted by atomic mass is 9.61. The van der Waals surface area contributed by atoms with Crippen LogP contribution in [0.1, 0.15) is 32.1 Å². The molecule has 3 aliphatic rings. The van der Waals surface area contributed by atoms with Crippen molar-refractivity contribution in [3.8, 4) is 0 Å². The van der Waals surface area contributed by atoms with Crippen LogP contribution in [0.4, 0.5) is 0 Å². The molecule has 0 unspecified atom stereocenters. The van der Waals surface area contributed by atoms with Gasteiger partial charge in [0.15, 0.2) is 0 Å². The standard InChI is InChI=1S/C15H22N4O2/c20-12(7-19-8-16-17-9-19)18-14-11-5-6-21-15(11)13(14)10-3-1-2-4-10/h8-11,13-15H,1-7H2,(H,18,20)/t11-,13+,14-,15-/m0/s1. The quantitative estimate of drug-likeness (QED) is 0.898. The third-order valence-corrected chi connectivity index (χ3v) is 5.50. The van der Waals surface area contributed by atoms with Crippen LogP contribution in [0.15, 0.2) is 12.7 Å². The first-order chi connectivity index (χ1) is 10.3. The van der Waals surface area contributed by atoms with Gasteiger partial charge in [-0.2, -0.15) is 0 Å². The fourth-order valence-electron chi connectivity index (χ4n) is 4.56. The number of hydrogen-bond acceptors (Lipinski definition) is 4. The lowest BCUT2D eigenvalue weighted by Gasteiger charge is -2.50. The molecule has 2 heterocycles. The summed E-state index contributed by atoms with van der Waals surface area (Å²) in [4.78, 5) is 12.2. The van der Waals surface area contributed by atoms with E-state index < -0.39 is 0 Å². The summed E-state index contributed by atoms with van der Waals surface area (Å²) < 4.78 is 7.63. The van der Waals surface area contributed by atoms with Crippen molar-refractivity contribution in [2.75, 3.05) is 6.61 Å². The maximum atomic E-state index is 12.2. The summed E-state index contributed by atoms with van der Waals surface area (Å²) in [6.07, 6.45) is 9.91. The second kappa shape index (κ2) is 5.40. The highest BCUT2D eigenvalue weighted by Crippen LogP contribution is 2.51. The molecule has 0 aromatic carbocycles.